The van der Waals surface area contributed by atoms with Crippen LogP contribution < -0.4 is 4.72 Å². The third-order valence-corrected chi connectivity index (χ3v) is 12.6. The topological polar surface area (TPSA) is 113 Å². The highest BCUT2D eigenvalue weighted by Gasteiger charge is 2.53. The molecule has 3 fully saturated rings. The van der Waals surface area contributed by atoms with Gasteiger partial charge in [-0.1, -0.05) is 17.7 Å². The molecule has 1 aromatic carbocycles. The summed E-state index contributed by atoms with van der Waals surface area (Å²) in [6.45, 7) is -0.827. The van der Waals surface area contributed by atoms with Crippen molar-refractivity contribution in [2.75, 3.05) is 6.54 Å². The first-order valence-electron chi connectivity index (χ1n) is 14.4. The Kier molecular flexibility index (Phi) is 7.43. The molecule has 0 spiro atoms. The van der Waals surface area contributed by atoms with Gasteiger partial charge in [0.25, 0.3) is 0 Å². The van der Waals surface area contributed by atoms with Gasteiger partial charge in [-0.25, -0.2) is 27.2 Å². The molecule has 1 unspecified atom stereocenters. The van der Waals surface area contributed by atoms with Crippen molar-refractivity contribution in [1.29, 1.82) is 0 Å². The molecule has 15 heteroatoms. The third-order valence-electron chi connectivity index (χ3n) is 9.61. The molecular formula is C29H30ClF3N6O3S2. The molecule has 4 aliphatic rings. The van der Waals surface area contributed by atoms with E-state index in [0.717, 1.165) is 12.8 Å². The molecule has 0 radical (unpaired) electrons. The fourth-order valence-corrected chi connectivity index (χ4v) is 10.1. The number of fused-ring (bicyclic) bond motifs is 3. The number of thiazole rings is 1. The number of benzene rings is 1. The number of nitrogens with one attached hydrogen (secondary N) is 1. The van der Waals surface area contributed by atoms with Crippen molar-refractivity contribution in [2.24, 2.45) is 16.8 Å². The Morgan fingerprint density at radius 3 is 2.59 bits per heavy atom. The van der Waals surface area contributed by atoms with Crippen molar-refractivity contribution in [3.63, 3.8) is 0 Å². The van der Waals surface area contributed by atoms with Gasteiger partial charge >= 0.3 is 6.55 Å². The molecule has 1 saturated heterocycles. The van der Waals surface area contributed by atoms with E-state index in [1.807, 2.05) is 11.8 Å². The smallest absolute Gasteiger partial charge is 0.333 e. The van der Waals surface area contributed by atoms with Crippen LogP contribution in [0.5, 0.6) is 0 Å². The highest BCUT2D eigenvalue weighted by atomic mass is 35.5. The average Bonchev–Trinajstić information content (AvgIpc) is 3.74. The Labute approximate surface area is 261 Å². The van der Waals surface area contributed by atoms with E-state index < -0.39 is 45.3 Å². The van der Waals surface area contributed by atoms with Crippen molar-refractivity contribution >= 4 is 44.4 Å². The molecule has 9 nitrogen and oxygen atoms in total. The molecule has 2 bridgehead atoms. The van der Waals surface area contributed by atoms with Crippen LogP contribution in [0.3, 0.4) is 0 Å². The van der Waals surface area contributed by atoms with Crippen molar-refractivity contribution in [3.8, 4) is 0 Å². The van der Waals surface area contributed by atoms with Crippen molar-refractivity contribution in [1.82, 2.24) is 24.4 Å². The van der Waals surface area contributed by atoms with Crippen LogP contribution in [0.4, 0.5) is 13.2 Å². The quantitative estimate of drug-likeness (QED) is 0.351. The summed E-state index contributed by atoms with van der Waals surface area (Å²) in [6.07, 6.45) is 5.44. The largest absolute Gasteiger partial charge is 0.390 e. The van der Waals surface area contributed by atoms with Crippen LogP contribution in [0.15, 0.2) is 52.7 Å². The molecule has 2 N–H and O–H groups in total. The molecule has 234 valence electrons. The van der Waals surface area contributed by atoms with Crippen LogP contribution in [0.25, 0.3) is 5.57 Å². The van der Waals surface area contributed by atoms with E-state index in [1.54, 1.807) is 11.6 Å². The van der Waals surface area contributed by atoms with E-state index in [2.05, 4.69) is 14.8 Å². The van der Waals surface area contributed by atoms with Gasteiger partial charge in [0, 0.05) is 58.6 Å². The zero-order chi connectivity index (χ0) is 31.0. The molecule has 2 aromatic heterocycles. The number of amidine groups is 1. The van der Waals surface area contributed by atoms with Crippen molar-refractivity contribution in [2.45, 2.75) is 68.5 Å². The lowest BCUT2D eigenvalue weighted by atomic mass is 9.76. The summed E-state index contributed by atoms with van der Waals surface area (Å²) in [7, 11) is -3.77. The Bertz CT molecular complexity index is 1740. The second kappa shape index (κ2) is 10.9. The van der Waals surface area contributed by atoms with Crippen LogP contribution in [-0.4, -0.2) is 62.5 Å². The first kappa shape index (κ1) is 29.9. The zero-order valence-corrected chi connectivity index (χ0v) is 26.0. The molecule has 6 atom stereocenters. The van der Waals surface area contributed by atoms with E-state index in [1.165, 1.54) is 41.8 Å². The molecule has 4 heterocycles. The van der Waals surface area contributed by atoms with Gasteiger partial charge < -0.3 is 10.0 Å². The van der Waals surface area contributed by atoms with Crippen LogP contribution in [-0.2, 0) is 10.0 Å². The number of hydrogen-bond acceptors (Lipinski definition) is 8. The van der Waals surface area contributed by atoms with Gasteiger partial charge in [0.2, 0.25) is 10.0 Å². The average molecular weight is 667 g/mol. The van der Waals surface area contributed by atoms with Gasteiger partial charge in [-0.2, -0.15) is 13.9 Å². The highest BCUT2D eigenvalue weighted by Crippen LogP contribution is 2.51. The lowest BCUT2D eigenvalue weighted by Gasteiger charge is -2.40. The lowest BCUT2D eigenvalue weighted by molar-refractivity contribution is -0.0414. The van der Waals surface area contributed by atoms with E-state index in [0.29, 0.717) is 45.2 Å². The van der Waals surface area contributed by atoms with Crippen LogP contribution in [0.2, 0.25) is 5.02 Å². The standard InChI is InChI=1S/C29H30ClF3N6O3S2/c1-29(40)15-2-3-16(29)11-19(10-15)44(41,42)37-18-13-23-24(22-6-8-39(36-22)28(32)33)25(20-5-4-17(31)12-21(20)30)35-26(38(23)14-18)27-34-7-9-43-27/h4-9,12,15-16,18-19,25,28,37,40H,2-3,10-11,13-14H2,1H3/t15-,16?,18-,19-,25-,29-/m0/s1. The number of aromatic nitrogens is 3. The van der Waals surface area contributed by atoms with Crippen LogP contribution >= 0.6 is 22.9 Å². The zero-order valence-electron chi connectivity index (χ0n) is 23.6. The van der Waals surface area contributed by atoms with Gasteiger partial charge in [0.1, 0.15) is 11.9 Å². The number of aliphatic hydroxyl groups is 1. The summed E-state index contributed by atoms with van der Waals surface area (Å²) < 4.78 is 72.3. The van der Waals surface area contributed by atoms with E-state index in [9.17, 15) is 26.7 Å². The predicted molar refractivity (Wildman–Crippen MR) is 160 cm³/mol. The van der Waals surface area contributed by atoms with Gasteiger partial charge in [0.15, 0.2) is 10.8 Å². The fraction of sp³-hybridized carbons (Fsp3) is 0.483. The molecular weight excluding hydrogens is 637 g/mol. The predicted octanol–water partition coefficient (Wildman–Crippen LogP) is 5.37. The molecule has 3 aromatic rings. The minimum Gasteiger partial charge on any atom is -0.390 e. The Hall–Kier alpha value is -2.78. The number of hydrogen-bond donors (Lipinski definition) is 2. The van der Waals surface area contributed by atoms with Crippen molar-refractivity contribution < 1.29 is 26.7 Å². The molecule has 2 saturated carbocycles. The normalized spacial score (nSPS) is 30.3. The Morgan fingerprint density at radius 1 is 1.20 bits per heavy atom. The summed E-state index contributed by atoms with van der Waals surface area (Å²) in [4.78, 5) is 11.3. The van der Waals surface area contributed by atoms with Crippen molar-refractivity contribution in [3.05, 3.63) is 74.8 Å². The summed E-state index contributed by atoms with van der Waals surface area (Å²) in [5.41, 5.74) is 0.954. The minimum absolute atomic E-state index is 0.0677. The molecule has 2 aliphatic carbocycles. The summed E-state index contributed by atoms with van der Waals surface area (Å²) >= 11 is 7.87. The third kappa shape index (κ3) is 5.08. The summed E-state index contributed by atoms with van der Waals surface area (Å²) in [5, 5.41) is 16.9. The summed E-state index contributed by atoms with van der Waals surface area (Å²) in [6, 6.07) is 3.99. The maximum absolute atomic E-state index is 14.1. The number of halogens is 4. The highest BCUT2D eigenvalue weighted by molar-refractivity contribution is 7.90. The minimum atomic E-state index is -3.77. The van der Waals surface area contributed by atoms with Crippen LogP contribution in [0, 0.1) is 17.7 Å². The Morgan fingerprint density at radius 2 is 1.95 bits per heavy atom. The monoisotopic (exact) mass is 666 g/mol. The van der Waals surface area contributed by atoms with Gasteiger partial charge in [-0.15, -0.1) is 11.3 Å². The molecule has 44 heavy (non-hydrogen) atoms. The van der Waals surface area contributed by atoms with Gasteiger partial charge in [-0.3, -0.25) is 4.99 Å². The molecule has 7 rings (SSSR count). The number of aliphatic imine (C=N–C) groups is 1. The molecule has 0 amide bonds. The Balaban J connectivity index is 1.29. The maximum atomic E-state index is 14.1. The van der Waals surface area contributed by atoms with Crippen LogP contribution in [0.1, 0.15) is 67.9 Å². The maximum Gasteiger partial charge on any atom is 0.333 e. The van der Waals surface area contributed by atoms with Gasteiger partial charge in [-0.05, 0) is 62.6 Å². The van der Waals surface area contributed by atoms with Gasteiger partial charge in [0.05, 0.1) is 16.5 Å². The summed E-state index contributed by atoms with van der Waals surface area (Å²) in [5.74, 6) is -0.195. The second-order valence-corrected chi connectivity index (χ2v) is 15.4. The SMILES string of the molecule is C[C@@]1(O)C2CC[C@H]1C[C@H](S(=O)(=O)N[C@H]1CC3=C(c4ccn(C(F)F)n4)[C@H](c4ccc(F)cc4Cl)N=C(c4nccs4)N3C1)C2. The fourth-order valence-electron chi connectivity index (χ4n) is 7.38. The first-order valence-corrected chi connectivity index (χ1v) is 17.2. The number of nitrogens with zero attached hydrogens (tertiary/aromatic N) is 5. The number of alkyl halides is 2. The van der Waals surface area contributed by atoms with E-state index in [4.69, 9.17) is 16.6 Å². The molecule has 2 aliphatic heterocycles. The lowest BCUT2D eigenvalue weighted by Crippen LogP contribution is -2.50. The number of rotatable bonds is 7. The second-order valence-electron chi connectivity index (χ2n) is 12.1. The van der Waals surface area contributed by atoms with E-state index >= 15 is 0 Å². The number of sulfonamides is 1. The van der Waals surface area contributed by atoms with E-state index in [-0.39, 0.29) is 35.5 Å². The first-order chi connectivity index (χ1) is 20.9.